The molecule has 9 nitrogen and oxygen atoms in total. The van der Waals surface area contributed by atoms with Crippen LogP contribution >= 0.6 is 0 Å². The van der Waals surface area contributed by atoms with Gasteiger partial charge in [0.25, 0.3) is 0 Å². The molecule has 4 N–H and O–H groups in total. The molecule has 28 heavy (non-hydrogen) atoms. The minimum absolute atomic E-state index is 0.0259. The van der Waals surface area contributed by atoms with Gasteiger partial charge in [0.1, 0.15) is 0 Å². The monoisotopic (exact) mass is 404 g/mol. The fourth-order valence-electron chi connectivity index (χ4n) is 2.39. The summed E-state index contributed by atoms with van der Waals surface area (Å²) >= 11 is 0. The SMILES string of the molecule is N#Cc1cccc(NC(=O)Nc2ccc(S(=O)(=O)N(CCO)CCO)cc2)c1. The molecule has 0 radical (unpaired) electrons. The zero-order valence-electron chi connectivity index (χ0n) is 14.9. The van der Waals surface area contributed by atoms with E-state index in [9.17, 15) is 13.2 Å². The van der Waals surface area contributed by atoms with Gasteiger partial charge < -0.3 is 20.8 Å². The Labute approximate surface area is 162 Å². The summed E-state index contributed by atoms with van der Waals surface area (Å²) in [4.78, 5) is 12.0. The van der Waals surface area contributed by atoms with Crippen LogP contribution in [0.3, 0.4) is 0 Å². The van der Waals surface area contributed by atoms with Crippen molar-refractivity contribution in [3.63, 3.8) is 0 Å². The fraction of sp³-hybridized carbons (Fsp3) is 0.222. The van der Waals surface area contributed by atoms with Crippen LogP contribution < -0.4 is 10.6 Å². The summed E-state index contributed by atoms with van der Waals surface area (Å²) in [6.45, 7) is -1.00. The van der Waals surface area contributed by atoms with Crippen LogP contribution in [0, 0.1) is 11.3 Å². The number of carbonyl (C=O) groups excluding carboxylic acids is 1. The molecule has 0 aliphatic rings. The van der Waals surface area contributed by atoms with Gasteiger partial charge >= 0.3 is 6.03 Å². The number of hydrogen-bond donors (Lipinski definition) is 4. The lowest BCUT2D eigenvalue weighted by Crippen LogP contribution is -2.35. The molecular formula is C18H20N4O5S. The number of sulfonamides is 1. The summed E-state index contributed by atoms with van der Waals surface area (Å²) in [5.74, 6) is 0. The van der Waals surface area contributed by atoms with Crippen molar-refractivity contribution < 1.29 is 23.4 Å². The van der Waals surface area contributed by atoms with Crippen LogP contribution in [0.1, 0.15) is 5.56 Å². The van der Waals surface area contributed by atoms with Crippen LogP contribution in [-0.4, -0.2) is 55.3 Å². The first-order valence-electron chi connectivity index (χ1n) is 8.31. The third-order valence-electron chi connectivity index (χ3n) is 3.70. The van der Waals surface area contributed by atoms with Crippen molar-refractivity contribution in [2.24, 2.45) is 0 Å². The molecule has 0 heterocycles. The number of aliphatic hydroxyl groups excluding tert-OH is 2. The molecule has 148 valence electrons. The van der Waals surface area contributed by atoms with Gasteiger partial charge in [-0.25, -0.2) is 13.2 Å². The standard InChI is InChI=1S/C18H20N4O5S/c19-13-14-2-1-3-16(12-14)21-18(25)20-15-4-6-17(7-5-15)28(26,27)22(8-10-23)9-11-24/h1-7,12,23-24H,8-11H2,(H2,20,21,25). The maximum atomic E-state index is 12.5. The lowest BCUT2D eigenvalue weighted by molar-refractivity contribution is 0.217. The van der Waals surface area contributed by atoms with Gasteiger partial charge in [0.2, 0.25) is 10.0 Å². The Hall–Kier alpha value is -2.97. The number of hydrogen-bond acceptors (Lipinski definition) is 6. The lowest BCUT2D eigenvalue weighted by atomic mass is 10.2. The van der Waals surface area contributed by atoms with E-state index in [1.807, 2.05) is 6.07 Å². The van der Waals surface area contributed by atoms with E-state index in [2.05, 4.69) is 10.6 Å². The average molecular weight is 404 g/mol. The van der Waals surface area contributed by atoms with Gasteiger partial charge in [0.05, 0.1) is 29.7 Å². The number of anilines is 2. The number of amides is 2. The number of urea groups is 1. The normalized spacial score (nSPS) is 11.1. The fourth-order valence-corrected chi connectivity index (χ4v) is 3.82. The van der Waals surface area contributed by atoms with E-state index in [0.717, 1.165) is 4.31 Å². The minimum Gasteiger partial charge on any atom is -0.395 e. The van der Waals surface area contributed by atoms with Crippen LogP contribution in [-0.2, 0) is 10.0 Å². The lowest BCUT2D eigenvalue weighted by Gasteiger charge is -2.20. The smallest absolute Gasteiger partial charge is 0.323 e. The highest BCUT2D eigenvalue weighted by molar-refractivity contribution is 7.89. The van der Waals surface area contributed by atoms with Crippen LogP contribution in [0.2, 0.25) is 0 Å². The Balaban J connectivity index is 2.07. The number of nitrogens with one attached hydrogen (secondary N) is 2. The summed E-state index contributed by atoms with van der Waals surface area (Å²) in [5, 5.41) is 32.0. The van der Waals surface area contributed by atoms with Crippen molar-refractivity contribution in [1.82, 2.24) is 4.31 Å². The Kier molecular flexibility index (Phi) is 7.48. The van der Waals surface area contributed by atoms with E-state index in [1.54, 1.807) is 18.2 Å². The molecular weight excluding hydrogens is 384 g/mol. The van der Waals surface area contributed by atoms with E-state index < -0.39 is 16.1 Å². The molecule has 0 aromatic heterocycles. The molecule has 2 aromatic carbocycles. The first-order valence-corrected chi connectivity index (χ1v) is 9.75. The number of benzene rings is 2. The molecule has 2 rings (SSSR count). The number of rotatable bonds is 8. The molecule has 0 saturated heterocycles. The molecule has 0 atom stereocenters. The van der Waals surface area contributed by atoms with Gasteiger partial charge in [-0.3, -0.25) is 0 Å². The largest absolute Gasteiger partial charge is 0.395 e. The topological polar surface area (TPSA) is 143 Å². The van der Waals surface area contributed by atoms with Crippen LogP contribution in [0.4, 0.5) is 16.2 Å². The highest BCUT2D eigenvalue weighted by Gasteiger charge is 2.23. The van der Waals surface area contributed by atoms with Gasteiger partial charge in [-0.05, 0) is 42.5 Å². The zero-order chi connectivity index (χ0) is 20.6. The second-order valence-corrected chi connectivity index (χ2v) is 7.59. The predicted molar refractivity (Wildman–Crippen MR) is 103 cm³/mol. The molecule has 0 aliphatic heterocycles. The van der Waals surface area contributed by atoms with Crippen LogP contribution in [0.25, 0.3) is 0 Å². The molecule has 0 unspecified atom stereocenters. The first-order chi connectivity index (χ1) is 13.4. The second-order valence-electron chi connectivity index (χ2n) is 5.65. The van der Waals surface area contributed by atoms with E-state index in [4.69, 9.17) is 15.5 Å². The summed E-state index contributed by atoms with van der Waals surface area (Å²) in [5.41, 5.74) is 1.21. The maximum Gasteiger partial charge on any atom is 0.323 e. The molecule has 2 amide bonds. The molecule has 0 saturated carbocycles. The summed E-state index contributed by atoms with van der Waals surface area (Å²) in [6.07, 6.45) is 0. The summed E-state index contributed by atoms with van der Waals surface area (Å²) in [6, 6.07) is 13.3. The van der Waals surface area contributed by atoms with Gasteiger partial charge in [0.15, 0.2) is 0 Å². The summed E-state index contributed by atoms with van der Waals surface area (Å²) in [7, 11) is -3.87. The number of nitriles is 1. The molecule has 0 fully saturated rings. The molecule has 0 bridgehead atoms. The average Bonchev–Trinajstić information content (AvgIpc) is 2.68. The minimum atomic E-state index is -3.87. The Morgan fingerprint density at radius 2 is 1.61 bits per heavy atom. The van der Waals surface area contributed by atoms with Crippen molar-refractivity contribution in [2.75, 3.05) is 36.9 Å². The van der Waals surface area contributed by atoms with Crippen molar-refractivity contribution >= 4 is 27.4 Å². The van der Waals surface area contributed by atoms with Crippen molar-refractivity contribution in [3.8, 4) is 6.07 Å². The number of nitrogens with zero attached hydrogens (tertiary/aromatic N) is 2. The van der Waals surface area contributed by atoms with E-state index in [-0.39, 0.29) is 31.2 Å². The van der Waals surface area contributed by atoms with Gasteiger partial charge in [-0.15, -0.1) is 0 Å². The quantitative estimate of drug-likeness (QED) is 0.520. The second kappa shape index (κ2) is 9.82. The van der Waals surface area contributed by atoms with Crippen LogP contribution in [0.15, 0.2) is 53.4 Å². The molecule has 2 aromatic rings. The highest BCUT2D eigenvalue weighted by Crippen LogP contribution is 2.19. The number of aliphatic hydroxyl groups is 2. The van der Waals surface area contributed by atoms with E-state index in [0.29, 0.717) is 16.9 Å². The van der Waals surface area contributed by atoms with Gasteiger partial charge in [-0.1, -0.05) is 6.07 Å². The Morgan fingerprint density at radius 1 is 1.00 bits per heavy atom. The molecule has 10 heteroatoms. The third-order valence-corrected chi connectivity index (χ3v) is 5.61. The van der Waals surface area contributed by atoms with Gasteiger partial charge in [-0.2, -0.15) is 9.57 Å². The number of carbonyl (C=O) groups is 1. The summed E-state index contributed by atoms with van der Waals surface area (Å²) < 4.78 is 26.0. The van der Waals surface area contributed by atoms with Gasteiger partial charge in [0, 0.05) is 24.5 Å². The first kappa shape index (κ1) is 21.3. The highest BCUT2D eigenvalue weighted by atomic mass is 32.2. The predicted octanol–water partition coefficient (Wildman–Crippen LogP) is 1.18. The third kappa shape index (κ3) is 5.51. The maximum absolute atomic E-state index is 12.5. The van der Waals surface area contributed by atoms with Crippen LogP contribution in [0.5, 0.6) is 0 Å². The Bertz CT molecular complexity index is 949. The molecule has 0 spiro atoms. The van der Waals surface area contributed by atoms with Crippen molar-refractivity contribution in [1.29, 1.82) is 5.26 Å². The van der Waals surface area contributed by atoms with Crippen molar-refractivity contribution in [3.05, 3.63) is 54.1 Å². The van der Waals surface area contributed by atoms with E-state index >= 15 is 0 Å². The molecule has 0 aliphatic carbocycles. The Morgan fingerprint density at radius 3 is 2.18 bits per heavy atom. The van der Waals surface area contributed by atoms with E-state index in [1.165, 1.54) is 30.3 Å². The van der Waals surface area contributed by atoms with Crippen molar-refractivity contribution in [2.45, 2.75) is 4.90 Å². The zero-order valence-corrected chi connectivity index (χ0v) is 15.7.